The predicted molar refractivity (Wildman–Crippen MR) is 138 cm³/mol. The van der Waals surface area contributed by atoms with Crippen molar-refractivity contribution >= 4 is 40.5 Å². The molecule has 0 atom stereocenters. The molecule has 0 bridgehead atoms. The van der Waals surface area contributed by atoms with Gasteiger partial charge in [0.1, 0.15) is 5.65 Å². The molecule has 2 N–H and O–H groups in total. The van der Waals surface area contributed by atoms with Gasteiger partial charge in [0.2, 0.25) is 11.7 Å². The van der Waals surface area contributed by atoms with E-state index in [-0.39, 0.29) is 18.9 Å². The summed E-state index contributed by atoms with van der Waals surface area (Å²) >= 11 is 1.34. The Kier molecular flexibility index (Phi) is 8.19. The maximum atomic E-state index is 12.5. The Morgan fingerprint density at radius 3 is 2.30 bits per heavy atom. The number of rotatable bonds is 11. The first-order valence-corrected chi connectivity index (χ1v) is 12.4. The fraction of sp³-hybridized carbons (Fsp3) is 0.222. The van der Waals surface area contributed by atoms with E-state index in [1.807, 2.05) is 72.2 Å². The molecule has 0 aliphatic rings. The predicted octanol–water partition coefficient (Wildman–Crippen LogP) is 3.34. The third kappa shape index (κ3) is 5.97. The molecule has 0 fully saturated rings. The van der Waals surface area contributed by atoms with Crippen LogP contribution in [0, 0.1) is 0 Å². The topological polar surface area (TPSA) is 126 Å². The van der Waals surface area contributed by atoms with Crippen molar-refractivity contribution in [3.63, 3.8) is 0 Å². The minimum atomic E-state index is -1.03. The highest BCUT2D eigenvalue weighted by Crippen LogP contribution is 2.36. The van der Waals surface area contributed by atoms with Crippen molar-refractivity contribution in [2.24, 2.45) is 5.73 Å². The molecule has 1 amide bonds. The number of nitrogens with two attached hydrogens (primary N) is 1. The maximum absolute atomic E-state index is 12.5. The first kappa shape index (κ1) is 25.9. The number of primary amides is 1. The lowest BCUT2D eigenvalue weighted by Crippen LogP contribution is -2.25. The van der Waals surface area contributed by atoms with Crippen molar-refractivity contribution in [2.75, 3.05) is 13.7 Å². The van der Waals surface area contributed by atoms with Gasteiger partial charge in [-0.3, -0.25) is 9.59 Å². The number of esters is 1. The summed E-state index contributed by atoms with van der Waals surface area (Å²) in [6.45, 7) is 2.04. The number of aromatic nitrogens is 3. The lowest BCUT2D eigenvalue weighted by Gasteiger charge is -2.11. The third-order valence-corrected chi connectivity index (χ3v) is 6.58. The SMILES string of the molecule is CCc1c(CC(=O)C(N)=O)c2c(OCC(=O)OC)nc(Sc3ccccc3)nc2n1Cc1ccccc1. The molecule has 9 nitrogen and oxygen atoms in total. The molecule has 2 aromatic carbocycles. The monoisotopic (exact) mass is 518 g/mol. The summed E-state index contributed by atoms with van der Waals surface area (Å²) in [7, 11) is 1.26. The van der Waals surface area contributed by atoms with Crippen LogP contribution in [0.4, 0.5) is 0 Å². The molecule has 4 aromatic rings. The Morgan fingerprint density at radius 2 is 1.68 bits per heavy atom. The fourth-order valence-corrected chi connectivity index (χ4v) is 4.78. The molecule has 190 valence electrons. The molecule has 0 spiro atoms. The van der Waals surface area contributed by atoms with E-state index in [0.29, 0.717) is 34.7 Å². The van der Waals surface area contributed by atoms with Crippen LogP contribution < -0.4 is 10.5 Å². The molecule has 4 rings (SSSR count). The molecule has 10 heteroatoms. The Labute approximate surface area is 218 Å². The molecule has 0 saturated heterocycles. The van der Waals surface area contributed by atoms with Gasteiger partial charge in [-0.05, 0) is 41.4 Å². The van der Waals surface area contributed by atoms with E-state index in [1.165, 1.54) is 18.9 Å². The van der Waals surface area contributed by atoms with Crippen LogP contribution in [-0.4, -0.2) is 45.9 Å². The van der Waals surface area contributed by atoms with E-state index in [9.17, 15) is 14.4 Å². The fourth-order valence-electron chi connectivity index (χ4n) is 4.01. The van der Waals surface area contributed by atoms with E-state index >= 15 is 0 Å². The Hall–Kier alpha value is -4.18. The van der Waals surface area contributed by atoms with Crippen LogP contribution in [0.15, 0.2) is 70.7 Å². The van der Waals surface area contributed by atoms with E-state index in [4.69, 9.17) is 20.2 Å². The lowest BCUT2D eigenvalue weighted by atomic mass is 10.0. The van der Waals surface area contributed by atoms with Crippen LogP contribution in [0.1, 0.15) is 23.7 Å². The number of benzene rings is 2. The van der Waals surface area contributed by atoms with Crippen molar-refractivity contribution < 1.29 is 23.9 Å². The average Bonchev–Trinajstić information content (AvgIpc) is 3.19. The molecular weight excluding hydrogens is 492 g/mol. The minimum Gasteiger partial charge on any atom is -0.466 e. The van der Waals surface area contributed by atoms with Gasteiger partial charge in [0.15, 0.2) is 11.8 Å². The number of Topliss-reactive ketones (excluding diaryl/α,β-unsaturated/α-hetero) is 1. The maximum Gasteiger partial charge on any atom is 0.343 e. The highest BCUT2D eigenvalue weighted by atomic mass is 32.2. The molecule has 0 saturated carbocycles. The van der Waals surface area contributed by atoms with Crippen molar-refractivity contribution in [1.82, 2.24) is 14.5 Å². The number of ether oxygens (including phenoxy) is 2. The van der Waals surface area contributed by atoms with Gasteiger partial charge in [0.05, 0.1) is 12.5 Å². The summed E-state index contributed by atoms with van der Waals surface area (Å²) in [6, 6.07) is 19.4. The van der Waals surface area contributed by atoms with Gasteiger partial charge in [-0.2, -0.15) is 4.98 Å². The Balaban J connectivity index is 1.95. The van der Waals surface area contributed by atoms with Gasteiger partial charge >= 0.3 is 5.97 Å². The molecule has 0 aliphatic carbocycles. The third-order valence-electron chi connectivity index (χ3n) is 5.71. The summed E-state index contributed by atoms with van der Waals surface area (Å²) in [5.41, 5.74) is 8.19. The van der Waals surface area contributed by atoms with Gasteiger partial charge in [0, 0.05) is 23.6 Å². The van der Waals surface area contributed by atoms with Crippen molar-refractivity contribution in [3.05, 3.63) is 77.5 Å². The number of methoxy groups -OCH3 is 1. The first-order chi connectivity index (χ1) is 17.9. The zero-order valence-electron chi connectivity index (χ0n) is 20.5. The zero-order valence-corrected chi connectivity index (χ0v) is 21.3. The minimum absolute atomic E-state index is 0.127. The van der Waals surface area contributed by atoms with Gasteiger partial charge in [-0.25, -0.2) is 9.78 Å². The quantitative estimate of drug-likeness (QED) is 0.182. The molecule has 2 heterocycles. The second kappa shape index (κ2) is 11.7. The summed E-state index contributed by atoms with van der Waals surface area (Å²) in [5, 5.41) is 0.865. The van der Waals surface area contributed by atoms with E-state index in [2.05, 4.69) is 4.98 Å². The second-order valence-electron chi connectivity index (χ2n) is 8.10. The number of carbonyl (C=O) groups is 3. The van der Waals surface area contributed by atoms with Crippen LogP contribution in [0.3, 0.4) is 0 Å². The molecule has 37 heavy (non-hydrogen) atoms. The van der Waals surface area contributed by atoms with Crippen molar-refractivity contribution in [2.45, 2.75) is 36.4 Å². The Morgan fingerprint density at radius 1 is 1.00 bits per heavy atom. The van der Waals surface area contributed by atoms with E-state index in [1.54, 1.807) is 0 Å². The number of ketones is 1. The standard InChI is InChI=1S/C27H26N4O5S/c1-3-20-19(14-21(32)24(28)34)23-25(31(20)15-17-10-6-4-7-11-17)29-27(37-18-12-8-5-9-13-18)30-26(23)36-16-22(33)35-2/h4-13H,3,14-16H2,1-2H3,(H2,28,34). The first-order valence-electron chi connectivity index (χ1n) is 11.6. The molecule has 0 aliphatic heterocycles. The highest BCUT2D eigenvalue weighted by molar-refractivity contribution is 7.99. The number of carbonyl (C=O) groups excluding carboxylic acids is 3. The number of nitrogens with zero attached hydrogens (tertiary/aromatic N) is 3. The van der Waals surface area contributed by atoms with Crippen molar-refractivity contribution in [3.8, 4) is 5.88 Å². The van der Waals surface area contributed by atoms with Crippen LogP contribution in [0.25, 0.3) is 11.0 Å². The van der Waals surface area contributed by atoms with Crippen LogP contribution in [-0.2, 0) is 38.5 Å². The van der Waals surface area contributed by atoms with Crippen LogP contribution in [0.5, 0.6) is 5.88 Å². The van der Waals surface area contributed by atoms with Crippen molar-refractivity contribution in [1.29, 1.82) is 0 Å². The number of fused-ring (bicyclic) bond motifs is 1. The molecular formula is C27H26N4O5S. The summed E-state index contributed by atoms with van der Waals surface area (Å²) in [4.78, 5) is 46.4. The number of amides is 1. The van der Waals surface area contributed by atoms with Crippen LogP contribution in [0.2, 0.25) is 0 Å². The zero-order chi connectivity index (χ0) is 26.4. The average molecular weight is 519 g/mol. The molecule has 0 radical (unpaired) electrons. The van der Waals surface area contributed by atoms with Gasteiger partial charge < -0.3 is 19.8 Å². The van der Waals surface area contributed by atoms with E-state index in [0.717, 1.165) is 16.2 Å². The largest absolute Gasteiger partial charge is 0.466 e. The highest BCUT2D eigenvalue weighted by Gasteiger charge is 2.26. The van der Waals surface area contributed by atoms with Gasteiger partial charge in [-0.1, -0.05) is 55.5 Å². The second-order valence-corrected chi connectivity index (χ2v) is 9.15. The van der Waals surface area contributed by atoms with Crippen LogP contribution >= 0.6 is 11.8 Å². The van der Waals surface area contributed by atoms with Gasteiger partial charge in [0.25, 0.3) is 5.91 Å². The van der Waals surface area contributed by atoms with Gasteiger partial charge in [-0.15, -0.1) is 0 Å². The number of hydrogen-bond acceptors (Lipinski definition) is 8. The molecule has 0 unspecified atom stereocenters. The summed E-state index contributed by atoms with van der Waals surface area (Å²) < 4.78 is 12.5. The normalized spacial score (nSPS) is 10.9. The summed E-state index contributed by atoms with van der Waals surface area (Å²) in [5.74, 6) is -2.23. The Bertz CT molecular complexity index is 1440. The summed E-state index contributed by atoms with van der Waals surface area (Å²) in [6.07, 6.45) is 0.308. The smallest absolute Gasteiger partial charge is 0.343 e. The molecule has 2 aromatic heterocycles. The van der Waals surface area contributed by atoms with E-state index < -0.39 is 17.7 Å². The lowest BCUT2D eigenvalue weighted by molar-refractivity contribution is -0.143. The number of hydrogen-bond donors (Lipinski definition) is 1.